The molecule has 0 unspecified atom stereocenters. The smallest absolute Gasteiger partial charge is 0.308 e. The van der Waals surface area contributed by atoms with E-state index in [-0.39, 0.29) is 42.9 Å². The van der Waals surface area contributed by atoms with Gasteiger partial charge in [-0.05, 0) is 98.8 Å². The van der Waals surface area contributed by atoms with E-state index in [2.05, 4.69) is 10.6 Å². The van der Waals surface area contributed by atoms with Gasteiger partial charge in [0, 0.05) is 29.2 Å². The molecule has 216 valence electrons. The van der Waals surface area contributed by atoms with Crippen LogP contribution in [0.3, 0.4) is 0 Å². The van der Waals surface area contributed by atoms with Crippen molar-refractivity contribution in [1.82, 2.24) is 10.6 Å². The quantitative estimate of drug-likeness (QED) is 0.215. The second-order valence-corrected chi connectivity index (χ2v) is 10.3. The van der Waals surface area contributed by atoms with E-state index in [1.54, 1.807) is 48.5 Å². The Morgan fingerprint density at radius 1 is 0.756 bits per heavy atom. The van der Waals surface area contributed by atoms with Gasteiger partial charge in [0.15, 0.2) is 0 Å². The monoisotopic (exact) mass is 578 g/mol. The summed E-state index contributed by atoms with van der Waals surface area (Å²) in [7, 11) is 0. The highest BCUT2D eigenvalue weighted by atomic mass is 35.5. The van der Waals surface area contributed by atoms with Gasteiger partial charge in [0.25, 0.3) is 11.8 Å². The third-order valence-electron chi connectivity index (χ3n) is 6.84. The van der Waals surface area contributed by atoms with Gasteiger partial charge in [-0.15, -0.1) is 0 Å². The second kappa shape index (κ2) is 15.1. The third-order valence-corrected chi connectivity index (χ3v) is 7.10. The summed E-state index contributed by atoms with van der Waals surface area (Å²) in [5, 5.41) is 6.29. The molecule has 1 saturated carbocycles. The maximum atomic E-state index is 12.5. The predicted octanol–water partition coefficient (Wildman–Crippen LogP) is 5.58. The Hall–Kier alpha value is -4.04. The standard InChI is InChI=1S/C32H35ClN2O6/c1-2-39-32(38)25-9-17-29(18-10-25)41-28-15-7-24(8-16-28)31(37)35-20-19-34-30(36)23-5-13-27(14-6-23)40-21-22-3-11-26(33)12-4-22/h3-8,11-16,25,29H,2,9-10,17-21H2,1H3,(H,34,36)(H,35,37)/t25-,29+. The number of nitrogens with one attached hydrogen (secondary N) is 2. The van der Waals surface area contributed by atoms with Crippen molar-refractivity contribution in [1.29, 1.82) is 0 Å². The summed E-state index contributed by atoms with van der Waals surface area (Å²) in [6, 6.07) is 21.3. The zero-order chi connectivity index (χ0) is 29.0. The van der Waals surface area contributed by atoms with Crippen LogP contribution in [0.2, 0.25) is 5.02 Å². The lowest BCUT2D eigenvalue weighted by Gasteiger charge is -2.27. The van der Waals surface area contributed by atoms with Gasteiger partial charge in [0.2, 0.25) is 0 Å². The normalized spacial score (nSPS) is 16.3. The Kier molecular flexibility index (Phi) is 11.0. The molecule has 0 spiro atoms. The minimum atomic E-state index is -0.235. The van der Waals surface area contributed by atoms with E-state index in [1.807, 2.05) is 31.2 Å². The van der Waals surface area contributed by atoms with Crippen LogP contribution in [0.15, 0.2) is 72.8 Å². The van der Waals surface area contributed by atoms with Crippen molar-refractivity contribution in [2.75, 3.05) is 19.7 Å². The molecule has 3 aromatic rings. The summed E-state index contributed by atoms with van der Waals surface area (Å²) in [5.74, 6) is 0.712. The van der Waals surface area contributed by atoms with Crippen LogP contribution in [-0.2, 0) is 16.1 Å². The fourth-order valence-electron chi connectivity index (χ4n) is 4.56. The lowest BCUT2D eigenvalue weighted by molar-refractivity contribution is -0.149. The molecule has 0 saturated heterocycles. The number of benzene rings is 3. The van der Waals surface area contributed by atoms with E-state index in [0.29, 0.717) is 40.9 Å². The molecule has 3 aromatic carbocycles. The molecule has 0 bridgehead atoms. The molecule has 2 amide bonds. The van der Waals surface area contributed by atoms with Crippen molar-refractivity contribution in [3.8, 4) is 11.5 Å². The molecular weight excluding hydrogens is 544 g/mol. The minimum absolute atomic E-state index is 0.0436. The number of ether oxygens (including phenoxy) is 3. The van der Waals surface area contributed by atoms with Gasteiger partial charge in [-0.3, -0.25) is 14.4 Å². The molecule has 41 heavy (non-hydrogen) atoms. The first-order valence-electron chi connectivity index (χ1n) is 13.9. The molecule has 1 aliphatic carbocycles. The van der Waals surface area contributed by atoms with Gasteiger partial charge >= 0.3 is 5.97 Å². The SMILES string of the molecule is CCOC(=O)[C@H]1CC[C@@H](Oc2ccc(C(=O)NCCNC(=O)c3ccc(OCc4ccc(Cl)cc4)cc3)cc2)CC1. The zero-order valence-corrected chi connectivity index (χ0v) is 23.8. The molecule has 1 aliphatic rings. The number of carbonyl (C=O) groups excluding carboxylic acids is 3. The van der Waals surface area contributed by atoms with Crippen molar-refractivity contribution in [2.24, 2.45) is 5.92 Å². The number of carbonyl (C=O) groups is 3. The fourth-order valence-corrected chi connectivity index (χ4v) is 4.69. The summed E-state index contributed by atoms with van der Waals surface area (Å²) in [6.45, 7) is 3.20. The maximum absolute atomic E-state index is 12.5. The lowest BCUT2D eigenvalue weighted by Crippen LogP contribution is -2.34. The van der Waals surface area contributed by atoms with Crippen LogP contribution in [0.25, 0.3) is 0 Å². The van der Waals surface area contributed by atoms with Crippen molar-refractivity contribution in [3.05, 3.63) is 94.5 Å². The summed E-state index contributed by atoms with van der Waals surface area (Å²) in [5.41, 5.74) is 2.00. The molecule has 0 radical (unpaired) electrons. The minimum Gasteiger partial charge on any atom is -0.490 e. The first-order valence-corrected chi connectivity index (χ1v) is 14.3. The molecule has 0 aromatic heterocycles. The molecule has 4 rings (SSSR count). The van der Waals surface area contributed by atoms with Crippen LogP contribution in [0, 0.1) is 5.92 Å². The van der Waals surface area contributed by atoms with Crippen molar-refractivity contribution in [2.45, 2.75) is 45.3 Å². The number of esters is 1. The van der Waals surface area contributed by atoms with Crippen LogP contribution in [0.1, 0.15) is 58.9 Å². The maximum Gasteiger partial charge on any atom is 0.308 e. The summed E-state index contributed by atoms with van der Waals surface area (Å²) in [6.07, 6.45) is 3.14. The summed E-state index contributed by atoms with van der Waals surface area (Å²) in [4.78, 5) is 36.9. The molecule has 0 atom stereocenters. The molecule has 0 aliphatic heterocycles. The van der Waals surface area contributed by atoms with E-state index in [0.717, 1.165) is 31.2 Å². The van der Waals surface area contributed by atoms with E-state index < -0.39 is 0 Å². The van der Waals surface area contributed by atoms with Crippen molar-refractivity contribution < 1.29 is 28.6 Å². The third kappa shape index (κ3) is 9.25. The van der Waals surface area contributed by atoms with Crippen molar-refractivity contribution in [3.63, 3.8) is 0 Å². The van der Waals surface area contributed by atoms with Crippen LogP contribution in [-0.4, -0.2) is 43.6 Å². The van der Waals surface area contributed by atoms with Gasteiger partial charge in [0.05, 0.1) is 18.6 Å². The molecule has 8 nitrogen and oxygen atoms in total. The largest absolute Gasteiger partial charge is 0.490 e. The fraction of sp³-hybridized carbons (Fsp3) is 0.344. The van der Waals surface area contributed by atoms with E-state index >= 15 is 0 Å². The molecular formula is C32H35ClN2O6. The Labute approximate surface area is 245 Å². The van der Waals surface area contributed by atoms with Gasteiger partial charge in [0.1, 0.15) is 18.1 Å². The van der Waals surface area contributed by atoms with Crippen LogP contribution in [0.5, 0.6) is 11.5 Å². The summed E-state index contributed by atoms with van der Waals surface area (Å²) < 4.78 is 16.9. The highest BCUT2D eigenvalue weighted by molar-refractivity contribution is 6.30. The topological polar surface area (TPSA) is 103 Å². The number of rotatable bonds is 12. The van der Waals surface area contributed by atoms with Gasteiger partial charge in [-0.25, -0.2) is 0 Å². The Balaban J connectivity index is 1.13. The first kappa shape index (κ1) is 29.9. The average Bonchev–Trinajstić information content (AvgIpc) is 3.00. The first-order chi connectivity index (χ1) is 19.9. The van der Waals surface area contributed by atoms with Crippen LogP contribution >= 0.6 is 11.6 Å². The molecule has 2 N–H and O–H groups in total. The highest BCUT2D eigenvalue weighted by Gasteiger charge is 2.28. The lowest BCUT2D eigenvalue weighted by atomic mass is 9.87. The molecule has 9 heteroatoms. The van der Waals surface area contributed by atoms with Gasteiger partial charge in [-0.1, -0.05) is 23.7 Å². The van der Waals surface area contributed by atoms with E-state index in [9.17, 15) is 14.4 Å². The summed E-state index contributed by atoms with van der Waals surface area (Å²) >= 11 is 5.90. The average molecular weight is 579 g/mol. The number of hydrogen-bond donors (Lipinski definition) is 2. The Morgan fingerprint density at radius 3 is 1.83 bits per heavy atom. The van der Waals surface area contributed by atoms with Gasteiger partial charge in [-0.2, -0.15) is 0 Å². The highest BCUT2D eigenvalue weighted by Crippen LogP contribution is 2.28. The van der Waals surface area contributed by atoms with Crippen molar-refractivity contribution >= 4 is 29.4 Å². The number of hydrogen-bond acceptors (Lipinski definition) is 6. The Morgan fingerprint density at radius 2 is 1.29 bits per heavy atom. The Bertz CT molecular complexity index is 1290. The number of amides is 2. The molecule has 0 heterocycles. The number of halogens is 1. The van der Waals surface area contributed by atoms with Crippen LogP contribution < -0.4 is 20.1 Å². The zero-order valence-electron chi connectivity index (χ0n) is 23.1. The van der Waals surface area contributed by atoms with Gasteiger partial charge < -0.3 is 24.8 Å². The van der Waals surface area contributed by atoms with Crippen LogP contribution in [0.4, 0.5) is 0 Å². The molecule has 1 fully saturated rings. The van der Waals surface area contributed by atoms with E-state index in [4.69, 9.17) is 25.8 Å². The predicted molar refractivity (Wildman–Crippen MR) is 156 cm³/mol. The van der Waals surface area contributed by atoms with E-state index in [1.165, 1.54) is 0 Å². The second-order valence-electron chi connectivity index (χ2n) is 9.82.